The molecule has 0 bridgehead atoms. The van der Waals surface area contributed by atoms with E-state index in [2.05, 4.69) is 24.2 Å². The van der Waals surface area contributed by atoms with E-state index in [0.29, 0.717) is 6.42 Å². The van der Waals surface area contributed by atoms with Crippen LogP contribution in [0.4, 0.5) is 0 Å². The first-order valence-electron chi connectivity index (χ1n) is 6.43. The Morgan fingerprint density at radius 1 is 1.32 bits per heavy atom. The monoisotopic (exact) mass is 258 g/mol. The van der Waals surface area contributed by atoms with Crippen LogP contribution >= 0.6 is 0 Å². The van der Waals surface area contributed by atoms with E-state index in [-0.39, 0.29) is 6.42 Å². The molecule has 2 aromatic rings. The van der Waals surface area contributed by atoms with Gasteiger partial charge in [0.05, 0.1) is 5.69 Å². The van der Waals surface area contributed by atoms with E-state index in [1.54, 1.807) is 4.68 Å². The maximum absolute atomic E-state index is 10.7. The lowest BCUT2D eigenvalue weighted by molar-refractivity contribution is -0.136. The Morgan fingerprint density at radius 2 is 2.00 bits per heavy atom. The quantitative estimate of drug-likeness (QED) is 0.897. The molecule has 1 aromatic heterocycles. The highest BCUT2D eigenvalue weighted by atomic mass is 16.4. The summed E-state index contributed by atoms with van der Waals surface area (Å²) in [6.45, 7) is 2.12. The van der Waals surface area contributed by atoms with E-state index in [9.17, 15) is 4.79 Å². The molecule has 2 rings (SSSR count). The summed E-state index contributed by atoms with van der Waals surface area (Å²) in [5.41, 5.74) is 4.19. The number of hydrogen-bond donors (Lipinski definition) is 1. The Morgan fingerprint density at radius 3 is 2.58 bits per heavy atom. The number of rotatable bonds is 5. The van der Waals surface area contributed by atoms with Crippen LogP contribution in [0.5, 0.6) is 0 Å². The van der Waals surface area contributed by atoms with Crippen LogP contribution < -0.4 is 0 Å². The third-order valence-electron chi connectivity index (χ3n) is 3.15. The minimum absolute atomic E-state index is 0.131. The van der Waals surface area contributed by atoms with Crippen LogP contribution in [0.3, 0.4) is 0 Å². The molecular formula is C15H18N2O2. The van der Waals surface area contributed by atoms with E-state index >= 15 is 0 Å². The predicted octanol–water partition coefficient (Wildman–Crippen LogP) is 2.67. The van der Waals surface area contributed by atoms with Crippen molar-refractivity contribution in [3.05, 3.63) is 41.6 Å². The van der Waals surface area contributed by atoms with Crippen LogP contribution in [0.1, 0.15) is 24.5 Å². The standard InChI is InChI=1S/C15H18N2O2/c1-3-11-4-6-12(7-5-11)15-13(8-9-14(18)19)10-17(2)16-15/h4-7,10H,3,8-9H2,1-2H3,(H,18,19). The first-order chi connectivity index (χ1) is 9.10. The van der Waals surface area contributed by atoms with Crippen LogP contribution in [-0.2, 0) is 24.7 Å². The molecule has 0 amide bonds. The van der Waals surface area contributed by atoms with Crippen molar-refractivity contribution in [3.8, 4) is 11.3 Å². The highest BCUT2D eigenvalue weighted by Crippen LogP contribution is 2.23. The van der Waals surface area contributed by atoms with Crippen molar-refractivity contribution in [1.29, 1.82) is 0 Å². The lowest BCUT2D eigenvalue weighted by Crippen LogP contribution is -1.97. The van der Waals surface area contributed by atoms with Crippen molar-refractivity contribution >= 4 is 5.97 Å². The molecule has 0 atom stereocenters. The zero-order valence-corrected chi connectivity index (χ0v) is 11.3. The molecule has 4 heteroatoms. The van der Waals surface area contributed by atoms with Gasteiger partial charge in [-0.05, 0) is 24.0 Å². The number of hydrogen-bond acceptors (Lipinski definition) is 2. The Labute approximate surface area is 112 Å². The largest absolute Gasteiger partial charge is 0.481 e. The third kappa shape index (κ3) is 3.22. The molecule has 100 valence electrons. The summed E-state index contributed by atoms with van der Waals surface area (Å²) in [5, 5.41) is 13.2. The van der Waals surface area contributed by atoms with Crippen molar-refractivity contribution in [2.24, 2.45) is 7.05 Å². The summed E-state index contributed by atoms with van der Waals surface area (Å²) in [6, 6.07) is 8.27. The van der Waals surface area contributed by atoms with Crippen LogP contribution in [0, 0.1) is 0 Å². The molecule has 0 aliphatic heterocycles. The molecule has 1 aromatic carbocycles. The van der Waals surface area contributed by atoms with E-state index in [1.807, 2.05) is 25.4 Å². The number of aliphatic carboxylic acids is 1. The normalized spacial score (nSPS) is 10.6. The topological polar surface area (TPSA) is 55.1 Å². The minimum atomic E-state index is -0.781. The number of carboxylic acids is 1. The summed E-state index contributed by atoms with van der Waals surface area (Å²) >= 11 is 0. The van der Waals surface area contributed by atoms with E-state index < -0.39 is 5.97 Å². The van der Waals surface area contributed by atoms with Gasteiger partial charge in [0.25, 0.3) is 0 Å². The van der Waals surface area contributed by atoms with Crippen molar-refractivity contribution < 1.29 is 9.90 Å². The Balaban J connectivity index is 2.29. The summed E-state index contributed by atoms with van der Waals surface area (Å²) in [4.78, 5) is 10.7. The number of nitrogens with zero attached hydrogens (tertiary/aromatic N) is 2. The molecule has 0 fully saturated rings. The van der Waals surface area contributed by atoms with Crippen LogP contribution in [0.2, 0.25) is 0 Å². The van der Waals surface area contributed by atoms with Gasteiger partial charge < -0.3 is 5.11 Å². The summed E-state index contributed by atoms with van der Waals surface area (Å²) in [6.07, 6.45) is 3.54. The molecule has 0 spiro atoms. The molecule has 0 aliphatic carbocycles. The molecule has 0 radical (unpaired) electrons. The number of benzene rings is 1. The van der Waals surface area contributed by atoms with Crippen LogP contribution in [-0.4, -0.2) is 20.9 Å². The molecular weight excluding hydrogens is 240 g/mol. The zero-order valence-electron chi connectivity index (χ0n) is 11.3. The van der Waals surface area contributed by atoms with Gasteiger partial charge in [0.1, 0.15) is 0 Å². The fourth-order valence-electron chi connectivity index (χ4n) is 2.10. The fraction of sp³-hybridized carbons (Fsp3) is 0.333. The van der Waals surface area contributed by atoms with E-state index in [0.717, 1.165) is 23.2 Å². The van der Waals surface area contributed by atoms with Gasteiger partial charge in [-0.2, -0.15) is 5.10 Å². The predicted molar refractivity (Wildman–Crippen MR) is 74.0 cm³/mol. The van der Waals surface area contributed by atoms with Crippen molar-refractivity contribution in [2.75, 3.05) is 0 Å². The smallest absolute Gasteiger partial charge is 0.303 e. The highest BCUT2D eigenvalue weighted by Gasteiger charge is 2.11. The molecule has 0 aliphatic rings. The van der Waals surface area contributed by atoms with E-state index in [1.165, 1.54) is 5.56 Å². The fourth-order valence-corrected chi connectivity index (χ4v) is 2.10. The van der Waals surface area contributed by atoms with Gasteiger partial charge >= 0.3 is 5.97 Å². The molecule has 19 heavy (non-hydrogen) atoms. The SMILES string of the molecule is CCc1ccc(-c2nn(C)cc2CCC(=O)O)cc1. The summed E-state index contributed by atoms with van der Waals surface area (Å²) < 4.78 is 1.74. The lowest BCUT2D eigenvalue weighted by Gasteiger charge is -2.02. The molecule has 1 N–H and O–H groups in total. The average Bonchev–Trinajstić information content (AvgIpc) is 2.78. The molecule has 0 saturated carbocycles. The second kappa shape index (κ2) is 5.69. The van der Waals surface area contributed by atoms with Gasteiger partial charge in [-0.3, -0.25) is 9.48 Å². The Kier molecular flexibility index (Phi) is 4.00. The number of carboxylic acid groups (broad SMARTS) is 1. The maximum Gasteiger partial charge on any atom is 0.303 e. The van der Waals surface area contributed by atoms with Gasteiger partial charge in [-0.15, -0.1) is 0 Å². The van der Waals surface area contributed by atoms with E-state index in [4.69, 9.17) is 5.11 Å². The number of aryl methyl sites for hydroxylation is 3. The molecule has 0 saturated heterocycles. The Bertz CT molecular complexity index is 570. The molecule has 1 heterocycles. The minimum Gasteiger partial charge on any atom is -0.481 e. The first kappa shape index (κ1) is 13.3. The number of carbonyl (C=O) groups is 1. The number of aromatic nitrogens is 2. The average molecular weight is 258 g/mol. The lowest BCUT2D eigenvalue weighted by atomic mass is 10.0. The van der Waals surface area contributed by atoms with Crippen molar-refractivity contribution in [1.82, 2.24) is 9.78 Å². The highest BCUT2D eigenvalue weighted by molar-refractivity contribution is 5.69. The van der Waals surface area contributed by atoms with Gasteiger partial charge in [0, 0.05) is 25.2 Å². The van der Waals surface area contributed by atoms with Gasteiger partial charge in [-0.1, -0.05) is 31.2 Å². The van der Waals surface area contributed by atoms with Crippen molar-refractivity contribution in [2.45, 2.75) is 26.2 Å². The van der Waals surface area contributed by atoms with Gasteiger partial charge in [-0.25, -0.2) is 0 Å². The zero-order chi connectivity index (χ0) is 13.8. The summed E-state index contributed by atoms with van der Waals surface area (Å²) in [7, 11) is 1.86. The van der Waals surface area contributed by atoms with Gasteiger partial charge in [0.15, 0.2) is 0 Å². The second-order valence-corrected chi connectivity index (χ2v) is 4.62. The second-order valence-electron chi connectivity index (χ2n) is 4.62. The van der Waals surface area contributed by atoms with Crippen LogP contribution in [0.15, 0.2) is 30.5 Å². The van der Waals surface area contributed by atoms with Crippen molar-refractivity contribution in [3.63, 3.8) is 0 Å². The Hall–Kier alpha value is -2.10. The maximum atomic E-state index is 10.7. The molecule has 0 unspecified atom stereocenters. The third-order valence-corrected chi connectivity index (χ3v) is 3.15. The van der Waals surface area contributed by atoms with Gasteiger partial charge in [0.2, 0.25) is 0 Å². The summed E-state index contributed by atoms with van der Waals surface area (Å²) in [5.74, 6) is -0.781. The first-order valence-corrected chi connectivity index (χ1v) is 6.43. The molecule has 4 nitrogen and oxygen atoms in total. The van der Waals surface area contributed by atoms with Crippen LogP contribution in [0.25, 0.3) is 11.3 Å².